The summed E-state index contributed by atoms with van der Waals surface area (Å²) in [6.45, 7) is 7.60. The predicted molar refractivity (Wildman–Crippen MR) is 67.9 cm³/mol. The smallest absolute Gasteiger partial charge is 0.253 e. The van der Waals surface area contributed by atoms with Crippen molar-refractivity contribution < 1.29 is 0 Å². The van der Waals surface area contributed by atoms with Crippen LogP contribution in [-0.4, -0.2) is 33.6 Å². The highest BCUT2D eigenvalue weighted by Crippen LogP contribution is 2.19. The van der Waals surface area contributed by atoms with Gasteiger partial charge in [0, 0.05) is 24.8 Å². The van der Waals surface area contributed by atoms with E-state index in [1.54, 1.807) is 17.1 Å². The van der Waals surface area contributed by atoms with Gasteiger partial charge in [0.15, 0.2) is 0 Å². The van der Waals surface area contributed by atoms with Gasteiger partial charge < -0.3 is 4.90 Å². The van der Waals surface area contributed by atoms with Gasteiger partial charge in [-0.05, 0) is 45.7 Å². The minimum absolute atomic E-state index is 0.0614. The second-order valence-corrected chi connectivity index (χ2v) is 5.14. The SMILES string of the molecule is CC(C)N1CCC(Cn2cnccc2=O)CC1. The lowest BCUT2D eigenvalue weighted by molar-refractivity contribution is 0.141. The largest absolute Gasteiger partial charge is 0.301 e. The van der Waals surface area contributed by atoms with Crippen molar-refractivity contribution in [2.75, 3.05) is 13.1 Å². The number of hydrogen-bond donors (Lipinski definition) is 0. The highest BCUT2D eigenvalue weighted by atomic mass is 16.1. The molecule has 1 saturated heterocycles. The molecular weight excluding hydrogens is 214 g/mol. The lowest BCUT2D eigenvalue weighted by Gasteiger charge is -2.34. The van der Waals surface area contributed by atoms with Crippen LogP contribution in [0.5, 0.6) is 0 Å². The van der Waals surface area contributed by atoms with Gasteiger partial charge in [0.05, 0.1) is 6.33 Å². The van der Waals surface area contributed by atoms with E-state index in [-0.39, 0.29) is 5.56 Å². The van der Waals surface area contributed by atoms with Crippen molar-refractivity contribution in [2.24, 2.45) is 5.92 Å². The summed E-state index contributed by atoms with van der Waals surface area (Å²) in [5.41, 5.74) is 0.0614. The average molecular weight is 235 g/mol. The maximum absolute atomic E-state index is 11.6. The molecule has 0 atom stereocenters. The van der Waals surface area contributed by atoms with E-state index in [1.807, 2.05) is 0 Å². The lowest BCUT2D eigenvalue weighted by Crippen LogP contribution is -2.40. The molecule has 1 aromatic rings. The minimum atomic E-state index is 0.0614. The van der Waals surface area contributed by atoms with Gasteiger partial charge in [0.25, 0.3) is 5.56 Å². The van der Waals surface area contributed by atoms with E-state index in [0.717, 1.165) is 19.6 Å². The first-order valence-electron chi connectivity index (χ1n) is 6.41. The van der Waals surface area contributed by atoms with Gasteiger partial charge in [0.1, 0.15) is 0 Å². The van der Waals surface area contributed by atoms with Gasteiger partial charge in [-0.3, -0.25) is 9.36 Å². The molecule has 0 aromatic carbocycles. The molecule has 1 aliphatic heterocycles. The fraction of sp³-hybridized carbons (Fsp3) is 0.692. The molecule has 2 rings (SSSR count). The summed E-state index contributed by atoms with van der Waals surface area (Å²) in [7, 11) is 0. The fourth-order valence-corrected chi connectivity index (χ4v) is 2.45. The van der Waals surface area contributed by atoms with Crippen LogP contribution < -0.4 is 5.56 Å². The average Bonchev–Trinajstić information content (AvgIpc) is 2.33. The summed E-state index contributed by atoms with van der Waals surface area (Å²) in [6, 6.07) is 2.17. The Kier molecular flexibility index (Phi) is 3.94. The Labute approximate surface area is 102 Å². The number of rotatable bonds is 3. The third kappa shape index (κ3) is 3.16. The van der Waals surface area contributed by atoms with Crippen molar-refractivity contribution in [3.63, 3.8) is 0 Å². The van der Waals surface area contributed by atoms with E-state index in [0.29, 0.717) is 12.0 Å². The first-order chi connectivity index (χ1) is 8.16. The molecule has 1 fully saturated rings. The van der Waals surface area contributed by atoms with Crippen molar-refractivity contribution in [3.8, 4) is 0 Å². The first-order valence-corrected chi connectivity index (χ1v) is 6.41. The Bertz CT molecular complexity index is 405. The maximum atomic E-state index is 11.6. The van der Waals surface area contributed by atoms with Crippen molar-refractivity contribution in [3.05, 3.63) is 28.9 Å². The quantitative estimate of drug-likeness (QED) is 0.794. The number of hydrogen-bond acceptors (Lipinski definition) is 3. The van der Waals surface area contributed by atoms with Crippen molar-refractivity contribution in [2.45, 2.75) is 39.3 Å². The van der Waals surface area contributed by atoms with Crippen LogP contribution in [0.25, 0.3) is 0 Å². The Hall–Kier alpha value is -1.16. The third-order valence-electron chi connectivity index (χ3n) is 3.63. The number of nitrogens with zero attached hydrogens (tertiary/aromatic N) is 3. The van der Waals surface area contributed by atoms with Gasteiger partial charge in [-0.15, -0.1) is 0 Å². The lowest BCUT2D eigenvalue weighted by atomic mass is 9.96. The fourth-order valence-electron chi connectivity index (χ4n) is 2.45. The maximum Gasteiger partial charge on any atom is 0.253 e. The Morgan fingerprint density at radius 2 is 2.12 bits per heavy atom. The van der Waals surface area contributed by atoms with Crippen LogP contribution >= 0.6 is 0 Å². The zero-order chi connectivity index (χ0) is 12.3. The van der Waals surface area contributed by atoms with Gasteiger partial charge in [-0.25, -0.2) is 4.98 Å². The van der Waals surface area contributed by atoms with Crippen LogP contribution in [0.1, 0.15) is 26.7 Å². The third-order valence-corrected chi connectivity index (χ3v) is 3.63. The zero-order valence-corrected chi connectivity index (χ0v) is 10.7. The van der Waals surface area contributed by atoms with Gasteiger partial charge in [0.2, 0.25) is 0 Å². The van der Waals surface area contributed by atoms with Crippen LogP contribution in [0.2, 0.25) is 0 Å². The molecule has 0 radical (unpaired) electrons. The van der Waals surface area contributed by atoms with Crippen LogP contribution in [0, 0.1) is 5.92 Å². The van der Waals surface area contributed by atoms with E-state index >= 15 is 0 Å². The van der Waals surface area contributed by atoms with E-state index in [4.69, 9.17) is 0 Å². The molecule has 17 heavy (non-hydrogen) atoms. The number of aromatic nitrogens is 2. The summed E-state index contributed by atoms with van der Waals surface area (Å²) in [6.07, 6.45) is 5.57. The molecule has 0 saturated carbocycles. The first kappa shape index (κ1) is 12.3. The van der Waals surface area contributed by atoms with Crippen LogP contribution in [0.4, 0.5) is 0 Å². The molecule has 0 spiro atoms. The van der Waals surface area contributed by atoms with Gasteiger partial charge >= 0.3 is 0 Å². The van der Waals surface area contributed by atoms with E-state index in [9.17, 15) is 4.79 Å². The van der Waals surface area contributed by atoms with Crippen molar-refractivity contribution in [1.29, 1.82) is 0 Å². The highest BCUT2D eigenvalue weighted by molar-refractivity contribution is 4.84. The highest BCUT2D eigenvalue weighted by Gasteiger charge is 2.21. The minimum Gasteiger partial charge on any atom is -0.301 e. The molecule has 0 aliphatic carbocycles. The molecule has 0 unspecified atom stereocenters. The summed E-state index contributed by atoms with van der Waals surface area (Å²) in [5.74, 6) is 0.617. The standard InChI is InChI=1S/C13H21N3O/c1-11(2)15-7-4-12(5-8-15)9-16-10-14-6-3-13(16)17/h3,6,10-12H,4-5,7-9H2,1-2H3. The molecule has 0 N–H and O–H groups in total. The second kappa shape index (κ2) is 5.45. The predicted octanol–water partition coefficient (Wildman–Crippen LogP) is 1.36. The zero-order valence-electron chi connectivity index (χ0n) is 10.7. The topological polar surface area (TPSA) is 38.1 Å². The summed E-state index contributed by atoms with van der Waals surface area (Å²) in [4.78, 5) is 18.1. The van der Waals surface area contributed by atoms with Crippen LogP contribution in [0.3, 0.4) is 0 Å². The van der Waals surface area contributed by atoms with Crippen LogP contribution in [0.15, 0.2) is 23.4 Å². The normalized spacial score (nSPS) is 18.8. The van der Waals surface area contributed by atoms with E-state index in [1.165, 1.54) is 18.9 Å². The number of likely N-dealkylation sites (tertiary alicyclic amines) is 1. The van der Waals surface area contributed by atoms with E-state index in [2.05, 4.69) is 23.7 Å². The molecule has 4 nitrogen and oxygen atoms in total. The molecular formula is C13H21N3O. The van der Waals surface area contributed by atoms with E-state index < -0.39 is 0 Å². The molecule has 94 valence electrons. The second-order valence-electron chi connectivity index (χ2n) is 5.14. The molecule has 2 heterocycles. The molecule has 1 aromatic heterocycles. The Balaban J connectivity index is 1.90. The summed E-state index contributed by atoms with van der Waals surface area (Å²) < 4.78 is 1.73. The summed E-state index contributed by atoms with van der Waals surface area (Å²) in [5, 5.41) is 0. The molecule has 4 heteroatoms. The molecule has 0 bridgehead atoms. The van der Waals surface area contributed by atoms with Gasteiger partial charge in [-0.1, -0.05) is 0 Å². The number of piperidine rings is 1. The van der Waals surface area contributed by atoms with Crippen molar-refractivity contribution >= 4 is 0 Å². The molecule has 0 amide bonds. The molecule has 1 aliphatic rings. The Morgan fingerprint density at radius 1 is 1.41 bits per heavy atom. The Morgan fingerprint density at radius 3 is 2.71 bits per heavy atom. The monoisotopic (exact) mass is 235 g/mol. The van der Waals surface area contributed by atoms with Gasteiger partial charge in [-0.2, -0.15) is 0 Å². The van der Waals surface area contributed by atoms with Crippen LogP contribution in [-0.2, 0) is 6.54 Å². The summed E-state index contributed by atoms with van der Waals surface area (Å²) >= 11 is 0. The van der Waals surface area contributed by atoms with Crippen molar-refractivity contribution in [1.82, 2.24) is 14.5 Å².